The second kappa shape index (κ2) is 8.34. The van der Waals surface area contributed by atoms with E-state index in [-0.39, 0.29) is 25.0 Å². The summed E-state index contributed by atoms with van der Waals surface area (Å²) in [6.45, 7) is 4.88. The van der Waals surface area contributed by atoms with E-state index in [0.29, 0.717) is 6.42 Å². The van der Waals surface area contributed by atoms with Crippen LogP contribution in [0.3, 0.4) is 0 Å². The molecule has 0 radical (unpaired) electrons. The molecule has 2 rings (SSSR count). The number of carbonyl (C=O) groups is 2. The Morgan fingerprint density at radius 3 is 2.33 bits per heavy atom. The van der Waals surface area contributed by atoms with E-state index >= 15 is 0 Å². The lowest BCUT2D eigenvalue weighted by Gasteiger charge is -2.32. The van der Waals surface area contributed by atoms with E-state index in [2.05, 4.69) is 4.90 Å². The fraction of sp³-hybridized carbons (Fsp3) is 0.867. The fourth-order valence-corrected chi connectivity index (χ4v) is 3.00. The number of piperidine rings is 1. The van der Waals surface area contributed by atoms with Crippen LogP contribution in [0.5, 0.6) is 0 Å². The number of carboxylic acids is 1. The molecule has 2 saturated heterocycles. The molecule has 2 heterocycles. The maximum atomic E-state index is 12.1. The molecule has 2 aliphatic rings. The van der Waals surface area contributed by atoms with Crippen molar-refractivity contribution in [2.24, 2.45) is 0 Å². The molecule has 120 valence electrons. The number of aliphatic carboxylic acids is 1. The van der Waals surface area contributed by atoms with Crippen molar-refractivity contribution in [3.63, 3.8) is 0 Å². The van der Waals surface area contributed by atoms with Crippen molar-refractivity contribution in [3.8, 4) is 0 Å². The zero-order chi connectivity index (χ0) is 15.1. The van der Waals surface area contributed by atoms with Gasteiger partial charge in [-0.25, -0.2) is 0 Å². The van der Waals surface area contributed by atoms with E-state index in [1.54, 1.807) is 0 Å². The first-order valence-electron chi connectivity index (χ1n) is 7.98. The van der Waals surface area contributed by atoms with Gasteiger partial charge in [0.25, 0.3) is 0 Å². The van der Waals surface area contributed by atoms with Crippen LogP contribution in [-0.2, 0) is 14.3 Å². The minimum absolute atomic E-state index is 0.0506. The number of amides is 1. The van der Waals surface area contributed by atoms with Crippen LogP contribution < -0.4 is 0 Å². The van der Waals surface area contributed by atoms with Gasteiger partial charge < -0.3 is 19.6 Å². The maximum Gasteiger partial charge on any atom is 0.305 e. The minimum atomic E-state index is -0.829. The highest BCUT2D eigenvalue weighted by Crippen LogP contribution is 2.15. The summed E-state index contributed by atoms with van der Waals surface area (Å²) < 4.78 is 5.54. The number of carboxylic acid groups (broad SMARTS) is 1. The Morgan fingerprint density at radius 1 is 1.05 bits per heavy atom. The van der Waals surface area contributed by atoms with Gasteiger partial charge in [-0.3, -0.25) is 9.59 Å². The van der Waals surface area contributed by atoms with E-state index in [4.69, 9.17) is 9.84 Å². The van der Waals surface area contributed by atoms with Crippen molar-refractivity contribution in [1.82, 2.24) is 9.80 Å². The van der Waals surface area contributed by atoms with Gasteiger partial charge in [-0.15, -0.1) is 0 Å². The quantitative estimate of drug-likeness (QED) is 0.758. The Morgan fingerprint density at radius 2 is 1.71 bits per heavy atom. The van der Waals surface area contributed by atoms with Gasteiger partial charge in [0.05, 0.1) is 19.1 Å². The lowest BCUT2D eigenvalue weighted by Crippen LogP contribution is -2.42. The topological polar surface area (TPSA) is 70.1 Å². The second-order valence-electron chi connectivity index (χ2n) is 5.89. The summed E-state index contributed by atoms with van der Waals surface area (Å²) >= 11 is 0. The molecule has 0 saturated carbocycles. The molecule has 0 aromatic heterocycles. The van der Waals surface area contributed by atoms with E-state index < -0.39 is 5.97 Å². The average Bonchev–Trinajstić information content (AvgIpc) is 2.98. The molecule has 21 heavy (non-hydrogen) atoms. The Hall–Kier alpha value is -1.14. The number of hydrogen-bond acceptors (Lipinski definition) is 4. The molecule has 6 nitrogen and oxygen atoms in total. The number of ether oxygens (including phenoxy) is 1. The van der Waals surface area contributed by atoms with Gasteiger partial charge in [0.2, 0.25) is 5.91 Å². The predicted molar refractivity (Wildman–Crippen MR) is 78.1 cm³/mol. The Bertz CT molecular complexity index is 348. The Kier molecular flexibility index (Phi) is 6.45. The highest BCUT2D eigenvalue weighted by molar-refractivity contribution is 5.76. The molecular formula is C15H26N2O4. The van der Waals surface area contributed by atoms with E-state index in [1.807, 2.05) is 4.90 Å². The van der Waals surface area contributed by atoms with Crippen molar-refractivity contribution < 1.29 is 19.4 Å². The molecule has 0 spiro atoms. The molecule has 1 amide bonds. The van der Waals surface area contributed by atoms with Crippen LogP contribution >= 0.6 is 0 Å². The van der Waals surface area contributed by atoms with Crippen molar-refractivity contribution in [2.45, 2.75) is 44.6 Å². The highest BCUT2D eigenvalue weighted by Gasteiger charge is 2.23. The van der Waals surface area contributed by atoms with Gasteiger partial charge in [0.15, 0.2) is 0 Å². The number of rotatable bonds is 7. The lowest BCUT2D eigenvalue weighted by atomic mass is 10.1. The van der Waals surface area contributed by atoms with Gasteiger partial charge in [0, 0.05) is 26.1 Å². The molecule has 1 N–H and O–H groups in total. The fourth-order valence-electron chi connectivity index (χ4n) is 3.00. The zero-order valence-electron chi connectivity index (χ0n) is 12.6. The molecule has 0 aromatic rings. The van der Waals surface area contributed by atoms with Gasteiger partial charge >= 0.3 is 5.97 Å². The summed E-state index contributed by atoms with van der Waals surface area (Å²) in [5.74, 6) is -0.588. The largest absolute Gasteiger partial charge is 0.481 e. The molecule has 2 fully saturated rings. The van der Waals surface area contributed by atoms with Crippen molar-refractivity contribution >= 4 is 11.9 Å². The molecule has 6 heteroatoms. The predicted octanol–water partition coefficient (Wildman–Crippen LogP) is 0.955. The molecule has 0 aliphatic carbocycles. The Labute approximate surface area is 126 Å². The molecule has 0 unspecified atom stereocenters. The van der Waals surface area contributed by atoms with Crippen LogP contribution in [0.2, 0.25) is 0 Å². The van der Waals surface area contributed by atoms with Gasteiger partial charge in [-0.05, 0) is 38.8 Å². The average molecular weight is 298 g/mol. The number of likely N-dealkylation sites (tertiary alicyclic amines) is 2. The van der Waals surface area contributed by atoms with Gasteiger partial charge in [-0.2, -0.15) is 0 Å². The second-order valence-corrected chi connectivity index (χ2v) is 5.89. The van der Waals surface area contributed by atoms with E-state index in [1.165, 1.54) is 12.8 Å². The molecular weight excluding hydrogens is 272 g/mol. The first-order valence-corrected chi connectivity index (χ1v) is 7.98. The standard InChI is InChI=1S/C15H26N2O4/c18-14(5-9-16-7-1-2-8-16)17-10-3-13(4-11-17)21-12-6-15(19)20/h13H,1-12H2,(H,19,20). The summed E-state index contributed by atoms with van der Waals surface area (Å²) in [5, 5.41) is 8.57. The van der Waals surface area contributed by atoms with Crippen molar-refractivity contribution in [1.29, 1.82) is 0 Å². The van der Waals surface area contributed by atoms with Crippen LogP contribution in [0, 0.1) is 0 Å². The third kappa shape index (κ3) is 5.63. The number of nitrogens with zero attached hydrogens (tertiary/aromatic N) is 2. The number of carbonyl (C=O) groups excluding carboxylic acids is 1. The van der Waals surface area contributed by atoms with E-state index in [0.717, 1.165) is 45.6 Å². The van der Waals surface area contributed by atoms with Crippen LogP contribution in [-0.4, -0.2) is 72.2 Å². The zero-order valence-corrected chi connectivity index (χ0v) is 12.6. The summed E-state index contributed by atoms with van der Waals surface area (Å²) in [6, 6.07) is 0. The highest BCUT2D eigenvalue weighted by atomic mass is 16.5. The maximum absolute atomic E-state index is 12.1. The van der Waals surface area contributed by atoms with E-state index in [9.17, 15) is 9.59 Å². The van der Waals surface area contributed by atoms with Gasteiger partial charge in [0.1, 0.15) is 0 Å². The molecule has 0 bridgehead atoms. The van der Waals surface area contributed by atoms with Crippen molar-refractivity contribution in [3.05, 3.63) is 0 Å². The van der Waals surface area contributed by atoms with Crippen LogP contribution in [0.15, 0.2) is 0 Å². The van der Waals surface area contributed by atoms with Crippen LogP contribution in [0.4, 0.5) is 0 Å². The molecule has 2 aliphatic heterocycles. The third-order valence-corrected chi connectivity index (χ3v) is 4.30. The minimum Gasteiger partial charge on any atom is -0.481 e. The summed E-state index contributed by atoms with van der Waals surface area (Å²) in [5.41, 5.74) is 0. The first-order chi connectivity index (χ1) is 10.1. The van der Waals surface area contributed by atoms with Crippen LogP contribution in [0.25, 0.3) is 0 Å². The smallest absolute Gasteiger partial charge is 0.305 e. The lowest BCUT2D eigenvalue weighted by molar-refractivity contribution is -0.139. The number of hydrogen-bond donors (Lipinski definition) is 1. The molecule has 0 aromatic carbocycles. The normalized spacial score (nSPS) is 20.9. The van der Waals surface area contributed by atoms with Crippen molar-refractivity contribution in [2.75, 3.05) is 39.3 Å². The third-order valence-electron chi connectivity index (χ3n) is 4.30. The Balaban J connectivity index is 1.59. The van der Waals surface area contributed by atoms with Crippen LogP contribution in [0.1, 0.15) is 38.5 Å². The first kappa shape index (κ1) is 16.2. The monoisotopic (exact) mass is 298 g/mol. The molecule has 0 atom stereocenters. The van der Waals surface area contributed by atoms with Gasteiger partial charge in [-0.1, -0.05) is 0 Å². The summed E-state index contributed by atoms with van der Waals surface area (Å²) in [6.07, 6.45) is 4.91. The summed E-state index contributed by atoms with van der Waals surface area (Å²) in [7, 11) is 0. The summed E-state index contributed by atoms with van der Waals surface area (Å²) in [4.78, 5) is 26.9. The SMILES string of the molecule is O=C(O)CCOC1CCN(C(=O)CCN2CCCC2)CC1.